The van der Waals surface area contributed by atoms with E-state index in [1.165, 1.54) is 0 Å². The Morgan fingerprint density at radius 2 is 0.970 bits per heavy atom. The van der Waals surface area contributed by atoms with Crippen molar-refractivity contribution in [2.24, 2.45) is 0 Å². The summed E-state index contributed by atoms with van der Waals surface area (Å²) >= 11 is 13.9. The number of carbonyl (C=O) groups is 2. The van der Waals surface area contributed by atoms with Crippen molar-refractivity contribution in [2.45, 2.75) is 33.1 Å². The maximum Gasteiger partial charge on any atom is 0.519 e. The van der Waals surface area contributed by atoms with E-state index in [-0.39, 0.29) is 23.0 Å². The molecule has 0 N–H and O–H groups in total. The molecule has 0 aliphatic rings. The highest BCUT2D eigenvalue weighted by Crippen LogP contribution is 2.44. The Morgan fingerprint density at radius 3 is 1.21 bits per heavy atom. The number of allylic oxidation sites excluding steroid dienone is 2. The van der Waals surface area contributed by atoms with Gasteiger partial charge >= 0.3 is 12.3 Å². The van der Waals surface area contributed by atoms with E-state index >= 15 is 0 Å². The normalized spacial score (nSPS) is 10.9. The molecule has 2 aromatic carbocycles. The third kappa shape index (κ3) is 7.18. The molecule has 10 heteroatoms. The van der Waals surface area contributed by atoms with Crippen LogP contribution < -0.4 is 9.47 Å². The van der Waals surface area contributed by atoms with E-state index < -0.39 is 17.7 Å². The van der Waals surface area contributed by atoms with Crippen molar-refractivity contribution in [1.82, 2.24) is 0 Å². The van der Waals surface area contributed by atoms with E-state index in [9.17, 15) is 9.59 Å². The van der Waals surface area contributed by atoms with Gasteiger partial charge in [-0.3, -0.25) is 0 Å². The highest BCUT2D eigenvalue weighted by atomic mass is 79.9. The lowest BCUT2D eigenvalue weighted by molar-refractivity contribution is 0.125. The highest BCUT2D eigenvalue weighted by Gasteiger charge is 2.28. The van der Waals surface area contributed by atoms with Crippen LogP contribution in [0, 0.1) is 0 Å². The van der Waals surface area contributed by atoms with E-state index in [4.69, 9.17) is 18.9 Å². The fourth-order valence-corrected chi connectivity index (χ4v) is 5.39. The molecule has 0 unspecified atom stereocenters. The monoisotopic (exact) mass is 708 g/mol. The molecule has 0 fully saturated rings. The summed E-state index contributed by atoms with van der Waals surface area (Å²) in [7, 11) is 0. The van der Waals surface area contributed by atoms with Crippen LogP contribution in [0.3, 0.4) is 0 Å². The molecule has 176 valence electrons. The minimum Gasteiger partial charge on any atom is -0.400 e. The molecule has 0 heterocycles. The Bertz CT molecular complexity index is 1010. The topological polar surface area (TPSA) is 71.1 Å². The van der Waals surface area contributed by atoms with E-state index in [0.717, 1.165) is 11.1 Å². The van der Waals surface area contributed by atoms with Crippen LogP contribution in [0.5, 0.6) is 11.5 Å². The molecule has 0 atom stereocenters. The maximum atomic E-state index is 11.9. The van der Waals surface area contributed by atoms with Crippen LogP contribution in [-0.4, -0.2) is 12.3 Å². The summed E-state index contributed by atoms with van der Waals surface area (Å²) in [6.07, 6.45) is -1.77. The predicted molar refractivity (Wildman–Crippen MR) is 140 cm³/mol. The minimum atomic E-state index is -0.885. The molecule has 2 rings (SSSR count). The molecule has 0 spiro atoms. The van der Waals surface area contributed by atoms with Crippen molar-refractivity contribution < 1.29 is 28.5 Å². The van der Waals surface area contributed by atoms with E-state index in [1.54, 1.807) is 13.8 Å². The summed E-state index contributed by atoms with van der Waals surface area (Å²) in [6, 6.07) is 7.41. The number of halogens is 4. The Balaban J connectivity index is 2.39. The van der Waals surface area contributed by atoms with E-state index in [1.807, 2.05) is 38.1 Å². The molecule has 6 nitrogen and oxygen atoms in total. The van der Waals surface area contributed by atoms with Gasteiger partial charge in [-0.1, -0.05) is 27.0 Å². The van der Waals surface area contributed by atoms with Crippen LogP contribution in [-0.2, 0) is 14.9 Å². The number of ether oxygens (including phenoxy) is 4. The summed E-state index contributed by atoms with van der Waals surface area (Å²) < 4.78 is 22.5. The first-order valence-corrected chi connectivity index (χ1v) is 12.5. The molecular weight excluding hydrogens is 692 g/mol. The molecule has 33 heavy (non-hydrogen) atoms. The Labute approximate surface area is 225 Å². The third-order valence-corrected chi connectivity index (χ3v) is 6.68. The van der Waals surface area contributed by atoms with Gasteiger partial charge in [0.2, 0.25) is 0 Å². The van der Waals surface area contributed by atoms with Crippen molar-refractivity contribution in [3.8, 4) is 11.5 Å². The molecule has 0 radical (unpaired) electrons. The van der Waals surface area contributed by atoms with Gasteiger partial charge in [-0.15, -0.1) is 0 Å². The fourth-order valence-electron chi connectivity index (χ4n) is 2.70. The molecule has 0 aromatic heterocycles. The molecule has 0 aliphatic carbocycles. The largest absolute Gasteiger partial charge is 0.519 e. The summed E-state index contributed by atoms with van der Waals surface area (Å²) in [5.74, 6) is 1.01. The van der Waals surface area contributed by atoms with E-state index in [2.05, 4.69) is 76.9 Å². The zero-order chi connectivity index (χ0) is 25.1. The van der Waals surface area contributed by atoms with Gasteiger partial charge in [0.25, 0.3) is 0 Å². The molecule has 0 amide bonds. The first-order valence-electron chi connectivity index (χ1n) is 9.31. The molecular formula is C23H20Br4O6. The van der Waals surface area contributed by atoms with Crippen molar-refractivity contribution in [3.05, 3.63) is 78.0 Å². The van der Waals surface area contributed by atoms with Crippen LogP contribution >= 0.6 is 63.7 Å². The lowest BCUT2D eigenvalue weighted by Gasteiger charge is -2.28. The SMILES string of the molecule is C=C(C)OC(=O)Oc1c(Br)cc(C(C)(C)c2cc(Br)c(OC(=O)OC(=C)C)c(Br)c2)cc1Br. The van der Waals surface area contributed by atoms with E-state index in [0.29, 0.717) is 17.9 Å². The third-order valence-electron chi connectivity index (χ3n) is 4.33. The van der Waals surface area contributed by atoms with Gasteiger partial charge in [0.05, 0.1) is 17.9 Å². The van der Waals surface area contributed by atoms with Gasteiger partial charge in [-0.05, 0) is 113 Å². The fraction of sp³-hybridized carbons (Fsp3) is 0.217. The molecule has 0 saturated heterocycles. The minimum absolute atomic E-state index is 0.224. The lowest BCUT2D eigenvalue weighted by Crippen LogP contribution is -2.20. The van der Waals surface area contributed by atoms with Crippen molar-refractivity contribution in [1.29, 1.82) is 0 Å². The smallest absolute Gasteiger partial charge is 0.400 e. The maximum absolute atomic E-state index is 11.9. The van der Waals surface area contributed by atoms with Gasteiger partial charge < -0.3 is 18.9 Å². The molecule has 0 bridgehead atoms. The molecule has 0 aliphatic heterocycles. The first-order chi connectivity index (χ1) is 15.2. The first kappa shape index (κ1) is 27.6. The van der Waals surface area contributed by atoms with Gasteiger partial charge in [-0.25, -0.2) is 9.59 Å². The average Bonchev–Trinajstić information content (AvgIpc) is 2.66. The number of hydrogen-bond acceptors (Lipinski definition) is 6. The van der Waals surface area contributed by atoms with Crippen LogP contribution in [0.1, 0.15) is 38.8 Å². The molecule has 0 saturated carbocycles. The van der Waals surface area contributed by atoms with Gasteiger partial charge in [0, 0.05) is 5.41 Å². The number of carbonyl (C=O) groups excluding carboxylic acids is 2. The number of benzene rings is 2. The van der Waals surface area contributed by atoms with Crippen LogP contribution in [0.2, 0.25) is 0 Å². The van der Waals surface area contributed by atoms with Crippen LogP contribution in [0.4, 0.5) is 9.59 Å². The Hall–Kier alpha value is -1.62. The second-order valence-electron chi connectivity index (χ2n) is 7.48. The quantitative estimate of drug-likeness (QED) is 0.169. The van der Waals surface area contributed by atoms with Gasteiger partial charge in [0.1, 0.15) is 11.5 Å². The Kier molecular flexibility index (Phi) is 9.38. The van der Waals surface area contributed by atoms with Gasteiger partial charge in [0.15, 0.2) is 11.5 Å². The average molecular weight is 712 g/mol. The van der Waals surface area contributed by atoms with Crippen LogP contribution in [0.15, 0.2) is 66.8 Å². The number of hydrogen-bond donors (Lipinski definition) is 0. The summed E-state index contributed by atoms with van der Waals surface area (Å²) in [6.45, 7) is 14.2. The zero-order valence-electron chi connectivity index (χ0n) is 18.2. The predicted octanol–water partition coefficient (Wildman–Crippen LogP) is 9.16. The molecule has 2 aromatic rings. The van der Waals surface area contributed by atoms with Crippen molar-refractivity contribution >= 4 is 76.0 Å². The van der Waals surface area contributed by atoms with Crippen molar-refractivity contribution in [3.63, 3.8) is 0 Å². The second-order valence-corrected chi connectivity index (χ2v) is 10.9. The Morgan fingerprint density at radius 1 is 0.697 bits per heavy atom. The summed E-state index contributed by atoms with van der Waals surface area (Å²) in [5, 5.41) is 0. The van der Waals surface area contributed by atoms with Crippen LogP contribution in [0.25, 0.3) is 0 Å². The lowest BCUT2D eigenvalue weighted by atomic mass is 9.78. The highest BCUT2D eigenvalue weighted by molar-refractivity contribution is 9.11. The summed E-state index contributed by atoms with van der Waals surface area (Å²) in [5.41, 5.74) is 1.33. The van der Waals surface area contributed by atoms with Gasteiger partial charge in [-0.2, -0.15) is 0 Å². The number of rotatable bonds is 6. The summed E-state index contributed by atoms with van der Waals surface area (Å²) in [4.78, 5) is 23.7. The standard InChI is InChI=1S/C23H20Br4O6/c1-11(2)30-21(28)32-19-15(24)7-13(8-16(19)25)23(5,6)14-9-17(26)20(18(27)10-14)33-22(29)31-12(3)4/h7-10H,1,3H2,2,4-6H3. The second kappa shape index (κ2) is 11.2. The van der Waals surface area contributed by atoms with Crippen molar-refractivity contribution in [2.75, 3.05) is 0 Å². The zero-order valence-corrected chi connectivity index (χ0v) is 24.5.